The molecule has 0 aliphatic carbocycles. The fourth-order valence-electron chi connectivity index (χ4n) is 4.16. The summed E-state index contributed by atoms with van der Waals surface area (Å²) < 4.78 is 0. The number of rotatable bonds is 12. The van der Waals surface area contributed by atoms with Crippen LogP contribution in [0, 0.1) is 6.07 Å². The van der Waals surface area contributed by atoms with Gasteiger partial charge in [-0.2, -0.15) is 0 Å². The normalized spacial score (nSPS) is 12.3. The van der Waals surface area contributed by atoms with Gasteiger partial charge in [0.2, 0.25) is 0 Å². The van der Waals surface area contributed by atoms with Gasteiger partial charge in [-0.1, -0.05) is 84.2 Å². The molecule has 1 atom stereocenters. The molecule has 0 heteroatoms. The summed E-state index contributed by atoms with van der Waals surface area (Å²) in [7, 11) is 0. The molecule has 0 spiro atoms. The maximum absolute atomic E-state index is 3.99. The molecule has 0 N–H and O–H groups in total. The molecule has 0 fully saturated rings. The van der Waals surface area contributed by atoms with Crippen molar-refractivity contribution in [3.05, 3.63) is 58.7 Å². The molecule has 0 bridgehead atoms. The van der Waals surface area contributed by atoms with E-state index in [0.717, 1.165) is 0 Å². The molecule has 0 amide bonds. The predicted octanol–water partition coefficient (Wildman–Crippen LogP) is 8.70. The lowest BCUT2D eigenvalue weighted by atomic mass is 9.79. The summed E-state index contributed by atoms with van der Waals surface area (Å²) >= 11 is 0. The second kappa shape index (κ2) is 12.1. The van der Waals surface area contributed by atoms with Crippen molar-refractivity contribution in [2.75, 3.05) is 0 Å². The smallest absolute Gasteiger partial charge is 0.0102 e. The summed E-state index contributed by atoms with van der Waals surface area (Å²) in [5, 5.41) is 0. The predicted molar refractivity (Wildman–Crippen MR) is 125 cm³/mol. The molecule has 2 aromatic rings. The molecular weight excluding hydrogens is 336 g/mol. The average molecular weight is 378 g/mol. The Morgan fingerprint density at radius 1 is 0.750 bits per heavy atom. The van der Waals surface area contributed by atoms with Gasteiger partial charge >= 0.3 is 0 Å². The Morgan fingerprint density at radius 3 is 1.89 bits per heavy atom. The molecule has 2 rings (SSSR count). The molecule has 0 aromatic heterocycles. The van der Waals surface area contributed by atoms with Crippen molar-refractivity contribution in [2.24, 2.45) is 0 Å². The Hall–Kier alpha value is -1.56. The lowest BCUT2D eigenvalue weighted by Crippen LogP contribution is -2.09. The molecule has 1 unspecified atom stereocenters. The highest BCUT2D eigenvalue weighted by atomic mass is 14.3. The molecule has 153 valence electrons. The molecule has 2 aromatic carbocycles. The van der Waals surface area contributed by atoms with Crippen molar-refractivity contribution < 1.29 is 0 Å². The Bertz CT molecular complexity index is 696. The first-order valence-corrected chi connectivity index (χ1v) is 11.8. The highest BCUT2D eigenvalue weighted by Gasteiger charge is 2.21. The van der Waals surface area contributed by atoms with Crippen LogP contribution in [0.15, 0.2) is 30.3 Å². The topological polar surface area (TPSA) is 0 Å². The quantitative estimate of drug-likeness (QED) is 0.347. The van der Waals surface area contributed by atoms with Gasteiger partial charge in [0, 0.05) is 0 Å². The summed E-state index contributed by atoms with van der Waals surface area (Å²) in [4.78, 5) is 0. The number of hydrogen-bond donors (Lipinski definition) is 0. The summed E-state index contributed by atoms with van der Waals surface area (Å²) in [5.74, 6) is 0.552. The van der Waals surface area contributed by atoms with Crippen molar-refractivity contribution >= 4 is 0 Å². The Labute approximate surface area is 174 Å². The summed E-state index contributed by atoms with van der Waals surface area (Å²) in [6, 6.07) is 15.1. The molecule has 0 nitrogen and oxygen atoms in total. The minimum Gasteiger partial charge on any atom is -0.0654 e. The van der Waals surface area contributed by atoms with Gasteiger partial charge < -0.3 is 0 Å². The monoisotopic (exact) mass is 377 g/mol. The van der Waals surface area contributed by atoms with E-state index in [9.17, 15) is 0 Å². The molecule has 0 aliphatic heterocycles. The first-order valence-electron chi connectivity index (χ1n) is 11.8. The van der Waals surface area contributed by atoms with Gasteiger partial charge in [-0.3, -0.25) is 0 Å². The lowest BCUT2D eigenvalue weighted by Gasteiger charge is -2.25. The Kier molecular flexibility index (Phi) is 9.82. The van der Waals surface area contributed by atoms with E-state index in [1.807, 2.05) is 0 Å². The van der Waals surface area contributed by atoms with Crippen LogP contribution >= 0.6 is 0 Å². The first-order chi connectivity index (χ1) is 13.7. The molecule has 0 saturated heterocycles. The van der Waals surface area contributed by atoms with E-state index >= 15 is 0 Å². The van der Waals surface area contributed by atoms with Crippen molar-refractivity contribution in [1.82, 2.24) is 0 Å². The minimum absolute atomic E-state index is 0.552. The van der Waals surface area contributed by atoms with Crippen LogP contribution in [0.25, 0.3) is 11.1 Å². The second-order valence-electron chi connectivity index (χ2n) is 8.34. The number of benzene rings is 2. The van der Waals surface area contributed by atoms with E-state index in [4.69, 9.17) is 0 Å². The molecule has 1 radical (unpaired) electrons. The van der Waals surface area contributed by atoms with Gasteiger partial charge in [0.05, 0.1) is 0 Å². The van der Waals surface area contributed by atoms with Gasteiger partial charge in [0.25, 0.3) is 0 Å². The van der Waals surface area contributed by atoms with Crippen molar-refractivity contribution in [2.45, 2.75) is 105 Å². The van der Waals surface area contributed by atoms with E-state index < -0.39 is 0 Å². The van der Waals surface area contributed by atoms with Crippen molar-refractivity contribution in [3.8, 4) is 11.1 Å². The van der Waals surface area contributed by atoms with Gasteiger partial charge in [0.15, 0.2) is 0 Å². The van der Waals surface area contributed by atoms with Crippen LogP contribution in [-0.4, -0.2) is 0 Å². The zero-order chi connectivity index (χ0) is 20.4. The van der Waals surface area contributed by atoms with Crippen LogP contribution in [-0.2, 0) is 19.3 Å². The number of hydrogen-bond acceptors (Lipinski definition) is 0. The number of unbranched alkanes of at least 4 members (excludes halogenated alkanes) is 3. The molecular formula is C28H41. The Balaban J connectivity index is 2.75. The van der Waals surface area contributed by atoms with E-state index in [-0.39, 0.29) is 0 Å². The third-order valence-corrected chi connectivity index (χ3v) is 6.09. The van der Waals surface area contributed by atoms with Crippen molar-refractivity contribution in [1.29, 1.82) is 0 Å². The number of aryl methyl sites for hydroxylation is 1. The van der Waals surface area contributed by atoms with Crippen LogP contribution in [0.5, 0.6) is 0 Å². The van der Waals surface area contributed by atoms with Crippen LogP contribution in [0.2, 0.25) is 0 Å². The standard InChI is InChI=1S/C28H41/c1-6-10-16-24-21-27(22(5)9-4)28(23-17-14-13-15-18-23)26(20-12-8-3)25(24)19-11-7-2/h13-15,17-18,22H,6-12,16,19-20H2,1-5H3. The fraction of sp³-hybridized carbons (Fsp3) is 0.571. The fourth-order valence-corrected chi connectivity index (χ4v) is 4.16. The van der Waals surface area contributed by atoms with Crippen LogP contribution in [0.1, 0.15) is 108 Å². The average Bonchev–Trinajstić information content (AvgIpc) is 2.74. The van der Waals surface area contributed by atoms with E-state index in [2.05, 4.69) is 71.0 Å². The zero-order valence-corrected chi connectivity index (χ0v) is 19.0. The van der Waals surface area contributed by atoms with Gasteiger partial charge in [-0.25, -0.2) is 0 Å². The van der Waals surface area contributed by atoms with Gasteiger partial charge in [0.1, 0.15) is 0 Å². The van der Waals surface area contributed by atoms with E-state index in [0.29, 0.717) is 5.92 Å². The molecule has 0 saturated carbocycles. The van der Waals surface area contributed by atoms with Crippen LogP contribution in [0.4, 0.5) is 0 Å². The van der Waals surface area contributed by atoms with Crippen LogP contribution < -0.4 is 0 Å². The maximum Gasteiger partial charge on any atom is -0.0102 e. The molecule has 0 aliphatic rings. The Morgan fingerprint density at radius 2 is 1.32 bits per heavy atom. The third kappa shape index (κ3) is 5.72. The second-order valence-corrected chi connectivity index (χ2v) is 8.34. The summed E-state index contributed by atoms with van der Waals surface area (Å²) in [6.07, 6.45) is 12.4. The SMILES string of the molecule is CCCCc1[c]c(C(C)CC)c(-c2ccccc2)c(CCCC)c1CCCC. The maximum atomic E-state index is 3.99. The van der Waals surface area contributed by atoms with Crippen LogP contribution in [0.3, 0.4) is 0 Å². The lowest BCUT2D eigenvalue weighted by molar-refractivity contribution is 0.708. The van der Waals surface area contributed by atoms with Gasteiger partial charge in [-0.05, 0) is 90.3 Å². The molecule has 0 heterocycles. The largest absolute Gasteiger partial charge is 0.0654 e. The van der Waals surface area contributed by atoms with E-state index in [1.54, 1.807) is 11.1 Å². The third-order valence-electron chi connectivity index (χ3n) is 6.09. The van der Waals surface area contributed by atoms with Crippen molar-refractivity contribution in [3.63, 3.8) is 0 Å². The zero-order valence-electron chi connectivity index (χ0n) is 19.0. The summed E-state index contributed by atoms with van der Waals surface area (Å²) in [6.45, 7) is 11.6. The molecule has 28 heavy (non-hydrogen) atoms. The highest BCUT2D eigenvalue weighted by molar-refractivity contribution is 5.74. The first kappa shape index (κ1) is 22.7. The summed E-state index contributed by atoms with van der Waals surface area (Å²) in [5.41, 5.74) is 9.16. The highest BCUT2D eigenvalue weighted by Crippen LogP contribution is 2.39. The van der Waals surface area contributed by atoms with Gasteiger partial charge in [-0.15, -0.1) is 0 Å². The van der Waals surface area contributed by atoms with E-state index in [1.165, 1.54) is 86.5 Å². The minimum atomic E-state index is 0.552.